The number of morpholine rings is 1. The number of rotatable bonds is 4. The zero-order chi connectivity index (χ0) is 21.0. The van der Waals surface area contributed by atoms with Crippen LogP contribution in [0.3, 0.4) is 0 Å². The fraction of sp³-hybridized carbons (Fsp3) is 0.474. The molecule has 0 bridgehead atoms. The van der Waals surface area contributed by atoms with Crippen molar-refractivity contribution < 1.29 is 17.9 Å². The summed E-state index contributed by atoms with van der Waals surface area (Å²) in [6.45, 7) is 6.50. The minimum Gasteiger partial charge on any atom is -0.481 e. The van der Waals surface area contributed by atoms with Gasteiger partial charge in [0.1, 0.15) is 12.1 Å². The quantitative estimate of drug-likeness (QED) is 0.710. The summed E-state index contributed by atoms with van der Waals surface area (Å²) in [5, 5.41) is 5.35. The number of hydrogen-bond donors (Lipinski definition) is 1. The molecule has 3 heterocycles. The number of aryl methyl sites for hydroxylation is 1. The van der Waals surface area contributed by atoms with E-state index in [0.29, 0.717) is 30.8 Å². The highest BCUT2D eigenvalue weighted by Gasteiger charge is 2.27. The van der Waals surface area contributed by atoms with Crippen molar-refractivity contribution in [3.63, 3.8) is 0 Å². The molecule has 9 nitrogen and oxygen atoms in total. The molecule has 0 aromatic carbocycles. The molecule has 1 fully saturated rings. The summed E-state index contributed by atoms with van der Waals surface area (Å²) in [5.41, 5.74) is 2.83. The molecule has 0 saturated carbocycles. The van der Waals surface area contributed by atoms with Gasteiger partial charge in [-0.2, -0.15) is 8.42 Å². The van der Waals surface area contributed by atoms with Gasteiger partial charge in [-0.3, -0.25) is 0 Å². The van der Waals surface area contributed by atoms with Crippen molar-refractivity contribution in [1.82, 2.24) is 14.3 Å². The maximum atomic E-state index is 12.0. The Balaban J connectivity index is 2.00. The standard InChI is InChI=1S/C19H25N5O4S/c1-4-17-16(18(22-13-21-17)23-7-9-28-10-8-23)6-5-15-11-14(2)19(27-3)24(12-15)29(20,25)26/h11,13H,4,7-10,12H2,1-3H3,(H2,20,25,26). The normalized spacial score (nSPS) is 17.6. The maximum Gasteiger partial charge on any atom is 0.301 e. The first-order chi connectivity index (χ1) is 13.8. The van der Waals surface area contributed by atoms with Gasteiger partial charge in [0.2, 0.25) is 5.88 Å². The van der Waals surface area contributed by atoms with Gasteiger partial charge in [0.25, 0.3) is 0 Å². The number of allylic oxidation sites excluding steroid dienone is 2. The third-order valence-corrected chi connectivity index (χ3v) is 5.58. The average Bonchev–Trinajstić information content (AvgIpc) is 2.71. The minimum absolute atomic E-state index is 0.00832. The highest BCUT2D eigenvalue weighted by molar-refractivity contribution is 7.86. The summed E-state index contributed by atoms with van der Waals surface area (Å²) in [6.07, 6.45) is 4.06. The maximum absolute atomic E-state index is 12.0. The summed E-state index contributed by atoms with van der Waals surface area (Å²) in [4.78, 5) is 10.9. The summed E-state index contributed by atoms with van der Waals surface area (Å²) < 4.78 is 35.6. The largest absolute Gasteiger partial charge is 0.481 e. The van der Waals surface area contributed by atoms with Crippen LogP contribution in [-0.4, -0.2) is 62.6 Å². The molecule has 1 saturated heterocycles. The molecule has 1 aromatic rings. The van der Waals surface area contributed by atoms with Gasteiger partial charge in [-0.25, -0.2) is 19.4 Å². The third-order valence-electron chi connectivity index (χ3n) is 4.67. The van der Waals surface area contributed by atoms with Gasteiger partial charge in [0.05, 0.1) is 38.1 Å². The Hall–Kier alpha value is -2.61. The van der Waals surface area contributed by atoms with Gasteiger partial charge < -0.3 is 14.4 Å². The summed E-state index contributed by atoms with van der Waals surface area (Å²) >= 11 is 0. The van der Waals surface area contributed by atoms with Crippen molar-refractivity contribution in [3.8, 4) is 11.8 Å². The van der Waals surface area contributed by atoms with Crippen LogP contribution in [0, 0.1) is 11.8 Å². The van der Waals surface area contributed by atoms with Crippen molar-refractivity contribution >= 4 is 16.0 Å². The summed E-state index contributed by atoms with van der Waals surface area (Å²) in [5.74, 6) is 7.24. The number of ether oxygens (including phenoxy) is 2. The van der Waals surface area contributed by atoms with Gasteiger partial charge in [0.15, 0.2) is 0 Å². The van der Waals surface area contributed by atoms with Crippen LogP contribution >= 0.6 is 0 Å². The number of aromatic nitrogens is 2. The molecular formula is C19H25N5O4S. The van der Waals surface area contributed by atoms with E-state index in [1.54, 1.807) is 19.3 Å². The van der Waals surface area contributed by atoms with Crippen molar-refractivity contribution in [3.05, 3.63) is 40.7 Å². The lowest BCUT2D eigenvalue weighted by molar-refractivity contribution is 0.122. The highest BCUT2D eigenvalue weighted by Crippen LogP contribution is 2.24. The molecule has 156 valence electrons. The fourth-order valence-corrected chi connectivity index (χ4v) is 4.07. The van der Waals surface area contributed by atoms with Crippen LogP contribution in [-0.2, 0) is 26.1 Å². The monoisotopic (exact) mass is 419 g/mol. The predicted octanol–water partition coefficient (Wildman–Crippen LogP) is 0.551. The van der Waals surface area contributed by atoms with Gasteiger partial charge in [-0.15, -0.1) is 0 Å². The molecular weight excluding hydrogens is 394 g/mol. The second-order valence-corrected chi connectivity index (χ2v) is 8.11. The highest BCUT2D eigenvalue weighted by atomic mass is 32.2. The Bertz CT molecular complexity index is 1000. The lowest BCUT2D eigenvalue weighted by atomic mass is 10.1. The van der Waals surface area contributed by atoms with Crippen molar-refractivity contribution in [2.45, 2.75) is 20.3 Å². The van der Waals surface area contributed by atoms with E-state index in [1.165, 1.54) is 7.11 Å². The Kier molecular flexibility index (Phi) is 6.42. The molecule has 0 amide bonds. The molecule has 0 aliphatic carbocycles. The molecule has 0 spiro atoms. The first-order valence-electron chi connectivity index (χ1n) is 9.29. The Morgan fingerprint density at radius 3 is 2.62 bits per heavy atom. The lowest BCUT2D eigenvalue weighted by Gasteiger charge is -2.29. The van der Waals surface area contributed by atoms with Crippen LogP contribution in [0.25, 0.3) is 0 Å². The first-order valence-corrected chi connectivity index (χ1v) is 10.8. The Labute approximate surface area is 171 Å². The van der Waals surface area contributed by atoms with Crippen LogP contribution < -0.4 is 10.0 Å². The van der Waals surface area contributed by atoms with E-state index < -0.39 is 10.2 Å². The van der Waals surface area contributed by atoms with E-state index in [-0.39, 0.29) is 12.4 Å². The third kappa shape index (κ3) is 4.70. The minimum atomic E-state index is -3.98. The van der Waals surface area contributed by atoms with Gasteiger partial charge in [0, 0.05) is 24.2 Å². The number of anilines is 1. The molecule has 0 atom stereocenters. The number of nitrogens with two attached hydrogens (primary N) is 1. The van der Waals surface area contributed by atoms with E-state index in [1.807, 2.05) is 6.92 Å². The second kappa shape index (κ2) is 8.82. The van der Waals surface area contributed by atoms with Gasteiger partial charge in [-0.1, -0.05) is 18.8 Å². The van der Waals surface area contributed by atoms with E-state index in [0.717, 1.165) is 34.5 Å². The second-order valence-electron chi connectivity index (χ2n) is 6.64. The fourth-order valence-electron chi connectivity index (χ4n) is 3.30. The lowest BCUT2D eigenvalue weighted by Crippen LogP contribution is -2.39. The van der Waals surface area contributed by atoms with Crippen molar-refractivity contribution in [1.29, 1.82) is 0 Å². The smallest absolute Gasteiger partial charge is 0.301 e. The molecule has 3 rings (SSSR count). The average molecular weight is 420 g/mol. The predicted molar refractivity (Wildman–Crippen MR) is 109 cm³/mol. The molecule has 2 aliphatic rings. The number of methoxy groups -OCH3 is 1. The SMILES string of the molecule is CCc1ncnc(N2CCOCC2)c1C#CC1=CC(C)=C(OC)N(S(N)(=O)=O)C1. The molecule has 29 heavy (non-hydrogen) atoms. The van der Waals surface area contributed by atoms with Crippen molar-refractivity contribution in [2.75, 3.05) is 44.9 Å². The van der Waals surface area contributed by atoms with Gasteiger partial charge in [-0.05, 0) is 19.4 Å². The van der Waals surface area contributed by atoms with E-state index >= 15 is 0 Å². The Morgan fingerprint density at radius 2 is 2.00 bits per heavy atom. The first kappa shape index (κ1) is 21.1. The Morgan fingerprint density at radius 1 is 1.28 bits per heavy atom. The zero-order valence-electron chi connectivity index (χ0n) is 16.8. The van der Waals surface area contributed by atoms with Crippen LogP contribution in [0.4, 0.5) is 5.82 Å². The molecule has 0 radical (unpaired) electrons. The molecule has 1 aromatic heterocycles. The van der Waals surface area contributed by atoms with E-state index in [4.69, 9.17) is 14.6 Å². The van der Waals surface area contributed by atoms with Crippen LogP contribution in [0.2, 0.25) is 0 Å². The van der Waals surface area contributed by atoms with Crippen molar-refractivity contribution in [2.24, 2.45) is 5.14 Å². The summed E-state index contributed by atoms with van der Waals surface area (Å²) in [7, 11) is -2.57. The zero-order valence-corrected chi connectivity index (χ0v) is 17.6. The van der Waals surface area contributed by atoms with Crippen LogP contribution in [0.15, 0.2) is 29.4 Å². The molecule has 10 heteroatoms. The molecule has 0 unspecified atom stereocenters. The van der Waals surface area contributed by atoms with Crippen LogP contribution in [0.1, 0.15) is 25.1 Å². The topological polar surface area (TPSA) is 111 Å². The van der Waals surface area contributed by atoms with E-state index in [2.05, 4.69) is 26.7 Å². The molecule has 2 N–H and O–H groups in total. The number of nitrogens with zero attached hydrogens (tertiary/aromatic N) is 4. The molecule has 2 aliphatic heterocycles. The number of hydrogen-bond acceptors (Lipinski definition) is 7. The van der Waals surface area contributed by atoms with E-state index in [9.17, 15) is 8.42 Å². The van der Waals surface area contributed by atoms with Gasteiger partial charge >= 0.3 is 10.2 Å². The van der Waals surface area contributed by atoms with Crippen LogP contribution in [0.5, 0.6) is 0 Å². The summed E-state index contributed by atoms with van der Waals surface area (Å²) in [6, 6.07) is 0.